The normalized spacial score (nSPS) is 13.9. The van der Waals surface area contributed by atoms with Crippen molar-refractivity contribution >= 4 is 11.9 Å². The molecular weight excluding hydrogens is 258 g/mol. The van der Waals surface area contributed by atoms with E-state index in [-0.39, 0.29) is 12.8 Å². The monoisotopic (exact) mass is 287 g/mol. The van der Waals surface area contributed by atoms with Gasteiger partial charge in [-0.3, -0.25) is 9.59 Å². The Labute approximate surface area is 121 Å². The summed E-state index contributed by atoms with van der Waals surface area (Å²) in [5.41, 5.74) is 4.42. The Morgan fingerprint density at radius 3 is 1.85 bits per heavy atom. The van der Waals surface area contributed by atoms with Gasteiger partial charge in [0.25, 0.3) is 0 Å². The molecule has 5 nitrogen and oxygen atoms in total. The highest BCUT2D eigenvalue weighted by Gasteiger charge is 2.33. The number of unbranched alkanes of at least 4 members (excludes halogenated alkanes) is 7. The summed E-state index contributed by atoms with van der Waals surface area (Å²) in [7, 11) is 0. The summed E-state index contributed by atoms with van der Waals surface area (Å²) < 4.78 is 0. The van der Waals surface area contributed by atoms with Crippen LogP contribution < -0.4 is 5.73 Å². The van der Waals surface area contributed by atoms with Crippen molar-refractivity contribution in [1.82, 2.24) is 0 Å². The molecule has 0 aliphatic heterocycles. The minimum absolute atomic E-state index is 0.00579. The summed E-state index contributed by atoms with van der Waals surface area (Å²) >= 11 is 0. The number of carboxylic acid groups (broad SMARTS) is 2. The van der Waals surface area contributed by atoms with Gasteiger partial charge in [0.05, 0.1) is 0 Å². The fourth-order valence-electron chi connectivity index (χ4n) is 2.24. The van der Waals surface area contributed by atoms with E-state index in [1.165, 1.54) is 32.1 Å². The first-order valence-electron chi connectivity index (χ1n) is 7.66. The first-order valence-corrected chi connectivity index (χ1v) is 7.66. The summed E-state index contributed by atoms with van der Waals surface area (Å²) in [6.07, 6.45) is 9.15. The fraction of sp³-hybridized carbons (Fsp3) is 0.867. The molecular formula is C15H29NO4. The second-order valence-electron chi connectivity index (χ2n) is 5.58. The predicted octanol–water partition coefficient (Wildman–Crippen LogP) is 3.16. The molecule has 0 aromatic rings. The van der Waals surface area contributed by atoms with Gasteiger partial charge in [0.2, 0.25) is 0 Å². The Bertz CT molecular complexity index is 294. The maximum absolute atomic E-state index is 11.2. The number of aliphatic carboxylic acids is 2. The lowest BCUT2D eigenvalue weighted by Crippen LogP contribution is -2.48. The fourth-order valence-corrected chi connectivity index (χ4v) is 2.24. The number of carbonyl (C=O) groups is 2. The summed E-state index contributed by atoms with van der Waals surface area (Å²) in [5, 5.41) is 17.7. The molecule has 0 aliphatic carbocycles. The van der Waals surface area contributed by atoms with Crippen LogP contribution in [0.5, 0.6) is 0 Å². The maximum Gasteiger partial charge on any atom is 0.323 e. The Kier molecular flexibility index (Phi) is 10.1. The van der Waals surface area contributed by atoms with Crippen LogP contribution in [-0.4, -0.2) is 27.7 Å². The highest BCUT2D eigenvalue weighted by molar-refractivity contribution is 5.79. The van der Waals surface area contributed by atoms with Gasteiger partial charge in [-0.05, 0) is 12.8 Å². The number of hydrogen-bond acceptors (Lipinski definition) is 3. The highest BCUT2D eigenvalue weighted by Crippen LogP contribution is 2.20. The number of nitrogens with two attached hydrogens (primary N) is 1. The van der Waals surface area contributed by atoms with E-state index in [9.17, 15) is 9.59 Å². The van der Waals surface area contributed by atoms with Crippen LogP contribution in [0, 0.1) is 0 Å². The van der Waals surface area contributed by atoms with Crippen molar-refractivity contribution in [3.05, 3.63) is 0 Å². The molecule has 118 valence electrons. The molecule has 20 heavy (non-hydrogen) atoms. The molecule has 0 bridgehead atoms. The first-order chi connectivity index (χ1) is 9.42. The molecule has 0 saturated heterocycles. The van der Waals surface area contributed by atoms with Crippen molar-refractivity contribution in [3.63, 3.8) is 0 Å². The Balaban J connectivity index is 3.81. The minimum atomic E-state index is -1.39. The molecule has 0 aromatic heterocycles. The van der Waals surface area contributed by atoms with Gasteiger partial charge in [0.1, 0.15) is 5.54 Å². The quantitative estimate of drug-likeness (QED) is 0.452. The molecule has 0 amide bonds. The smallest absolute Gasteiger partial charge is 0.323 e. The maximum atomic E-state index is 11.2. The minimum Gasteiger partial charge on any atom is -0.481 e. The molecule has 1 atom stereocenters. The summed E-state index contributed by atoms with van der Waals surface area (Å²) in [6.45, 7) is 2.18. The van der Waals surface area contributed by atoms with E-state index in [1.807, 2.05) is 0 Å². The van der Waals surface area contributed by atoms with Crippen molar-refractivity contribution in [2.45, 2.75) is 83.1 Å². The van der Waals surface area contributed by atoms with Gasteiger partial charge in [0, 0.05) is 6.42 Å². The zero-order chi connectivity index (χ0) is 15.4. The van der Waals surface area contributed by atoms with Crippen LogP contribution in [0.2, 0.25) is 0 Å². The van der Waals surface area contributed by atoms with E-state index in [1.54, 1.807) is 0 Å². The van der Waals surface area contributed by atoms with Crippen LogP contribution >= 0.6 is 0 Å². The van der Waals surface area contributed by atoms with Crippen LogP contribution in [0.3, 0.4) is 0 Å². The van der Waals surface area contributed by atoms with Gasteiger partial charge in [-0.2, -0.15) is 0 Å². The highest BCUT2D eigenvalue weighted by atomic mass is 16.4. The van der Waals surface area contributed by atoms with Crippen molar-refractivity contribution in [2.75, 3.05) is 0 Å². The molecule has 4 N–H and O–H groups in total. The van der Waals surface area contributed by atoms with Gasteiger partial charge in [0.15, 0.2) is 0 Å². The third-order valence-electron chi connectivity index (χ3n) is 3.69. The molecule has 0 spiro atoms. The number of carboxylic acids is 2. The van der Waals surface area contributed by atoms with Crippen LogP contribution in [0.1, 0.15) is 77.6 Å². The molecule has 1 unspecified atom stereocenters. The van der Waals surface area contributed by atoms with Crippen LogP contribution in [0.15, 0.2) is 0 Å². The van der Waals surface area contributed by atoms with Crippen molar-refractivity contribution in [2.24, 2.45) is 5.73 Å². The third kappa shape index (κ3) is 8.91. The molecule has 5 heteroatoms. The van der Waals surface area contributed by atoms with Crippen LogP contribution in [0.25, 0.3) is 0 Å². The number of rotatable bonds is 13. The largest absolute Gasteiger partial charge is 0.481 e. The van der Waals surface area contributed by atoms with Crippen molar-refractivity contribution in [3.8, 4) is 0 Å². The Morgan fingerprint density at radius 2 is 1.40 bits per heavy atom. The van der Waals surface area contributed by atoms with Crippen LogP contribution in [0.4, 0.5) is 0 Å². The van der Waals surface area contributed by atoms with E-state index in [0.717, 1.165) is 19.3 Å². The van der Waals surface area contributed by atoms with E-state index in [2.05, 4.69) is 6.92 Å². The second kappa shape index (κ2) is 10.7. The lowest BCUT2D eigenvalue weighted by Gasteiger charge is -2.23. The van der Waals surface area contributed by atoms with Gasteiger partial charge in [-0.1, -0.05) is 58.3 Å². The zero-order valence-electron chi connectivity index (χ0n) is 12.6. The van der Waals surface area contributed by atoms with Gasteiger partial charge < -0.3 is 15.9 Å². The average molecular weight is 287 g/mol. The topological polar surface area (TPSA) is 101 Å². The summed E-state index contributed by atoms with van der Waals surface area (Å²) in [6, 6.07) is 0. The van der Waals surface area contributed by atoms with Gasteiger partial charge >= 0.3 is 11.9 Å². The van der Waals surface area contributed by atoms with Crippen molar-refractivity contribution in [1.29, 1.82) is 0 Å². The Morgan fingerprint density at radius 1 is 0.900 bits per heavy atom. The van der Waals surface area contributed by atoms with E-state index < -0.39 is 17.5 Å². The molecule has 0 saturated carbocycles. The standard InChI is InChI=1S/C15H29NO4/c1-2-3-4-5-6-7-8-9-11-15(16,14(19)20)12-10-13(17)18/h2-12,16H2,1H3,(H,17,18)(H,19,20). The molecule has 0 aromatic carbocycles. The SMILES string of the molecule is CCCCCCCCCCC(N)(CCC(=O)O)C(=O)O. The molecule has 0 aliphatic rings. The molecule has 0 radical (unpaired) electrons. The molecule has 0 fully saturated rings. The van der Waals surface area contributed by atoms with Crippen molar-refractivity contribution < 1.29 is 19.8 Å². The van der Waals surface area contributed by atoms with E-state index in [4.69, 9.17) is 15.9 Å². The predicted molar refractivity (Wildman–Crippen MR) is 78.7 cm³/mol. The molecule has 0 rings (SSSR count). The Hall–Kier alpha value is -1.10. The van der Waals surface area contributed by atoms with E-state index in [0.29, 0.717) is 6.42 Å². The number of hydrogen-bond donors (Lipinski definition) is 3. The lowest BCUT2D eigenvalue weighted by molar-refractivity contribution is -0.145. The summed E-state index contributed by atoms with van der Waals surface area (Å²) in [5.74, 6) is -2.10. The summed E-state index contributed by atoms with van der Waals surface area (Å²) in [4.78, 5) is 21.7. The van der Waals surface area contributed by atoms with Crippen LogP contribution in [-0.2, 0) is 9.59 Å². The lowest BCUT2D eigenvalue weighted by atomic mass is 9.88. The second-order valence-corrected chi connectivity index (χ2v) is 5.58. The van der Waals surface area contributed by atoms with Gasteiger partial charge in [-0.25, -0.2) is 0 Å². The molecule has 0 heterocycles. The van der Waals surface area contributed by atoms with Gasteiger partial charge in [-0.15, -0.1) is 0 Å². The zero-order valence-corrected chi connectivity index (χ0v) is 12.6. The average Bonchev–Trinajstić information content (AvgIpc) is 2.39. The third-order valence-corrected chi connectivity index (χ3v) is 3.69. The first kappa shape index (κ1) is 18.9. The van der Waals surface area contributed by atoms with E-state index >= 15 is 0 Å².